The molecule has 6 heteroatoms. The molecule has 5 nitrogen and oxygen atoms in total. The van der Waals surface area contributed by atoms with Crippen molar-refractivity contribution >= 4 is 15.9 Å². The van der Waals surface area contributed by atoms with Crippen molar-refractivity contribution in [2.75, 3.05) is 25.9 Å². The highest BCUT2D eigenvalue weighted by Crippen LogP contribution is 2.18. The summed E-state index contributed by atoms with van der Waals surface area (Å²) in [5.74, 6) is 0.261. The van der Waals surface area contributed by atoms with E-state index >= 15 is 0 Å². The normalized spacial score (nSPS) is 23.7. The molecule has 0 aliphatic carbocycles. The zero-order valence-corrected chi connectivity index (χ0v) is 10.0. The summed E-state index contributed by atoms with van der Waals surface area (Å²) in [5.41, 5.74) is 0. The van der Waals surface area contributed by atoms with Crippen LogP contribution in [-0.4, -0.2) is 50.5 Å². The molecule has 1 N–H and O–H groups in total. The average molecular weight is 234 g/mol. The molecule has 15 heavy (non-hydrogen) atoms. The van der Waals surface area contributed by atoms with Gasteiger partial charge >= 0.3 is 6.03 Å². The number of hydrogen-bond donors (Lipinski definition) is 1. The van der Waals surface area contributed by atoms with E-state index in [1.807, 2.05) is 6.92 Å². The predicted molar refractivity (Wildman–Crippen MR) is 58.5 cm³/mol. The van der Waals surface area contributed by atoms with Crippen LogP contribution in [0.3, 0.4) is 0 Å². The van der Waals surface area contributed by atoms with Gasteiger partial charge in [-0.15, -0.1) is 0 Å². The van der Waals surface area contributed by atoms with E-state index in [0.29, 0.717) is 19.4 Å². The lowest BCUT2D eigenvalue weighted by Crippen LogP contribution is -2.41. The summed E-state index contributed by atoms with van der Waals surface area (Å²) >= 11 is 0. The SMILES string of the molecule is CCN(C)C(=O)NCC1CCCS1(=O)=O. The lowest BCUT2D eigenvalue weighted by atomic mass is 10.2. The van der Waals surface area contributed by atoms with Crippen LogP contribution < -0.4 is 5.32 Å². The number of carbonyl (C=O) groups is 1. The molecule has 1 aliphatic rings. The maximum atomic E-state index is 11.4. The molecule has 1 heterocycles. The fourth-order valence-electron chi connectivity index (χ4n) is 1.57. The van der Waals surface area contributed by atoms with E-state index in [9.17, 15) is 13.2 Å². The first-order valence-corrected chi connectivity index (χ1v) is 6.89. The number of carbonyl (C=O) groups excluding carboxylic acids is 1. The van der Waals surface area contributed by atoms with Gasteiger partial charge in [-0.2, -0.15) is 0 Å². The fourth-order valence-corrected chi connectivity index (χ4v) is 3.33. The van der Waals surface area contributed by atoms with Crippen LogP contribution in [0.25, 0.3) is 0 Å². The number of nitrogens with one attached hydrogen (secondary N) is 1. The third-order valence-corrected chi connectivity index (χ3v) is 5.04. The molecule has 1 rings (SSSR count). The molecule has 0 saturated carbocycles. The van der Waals surface area contributed by atoms with Crippen LogP contribution in [0.1, 0.15) is 19.8 Å². The first kappa shape index (κ1) is 12.3. The highest BCUT2D eigenvalue weighted by atomic mass is 32.2. The van der Waals surface area contributed by atoms with Crippen LogP contribution in [0, 0.1) is 0 Å². The molecule has 0 bridgehead atoms. The number of urea groups is 1. The summed E-state index contributed by atoms with van der Waals surface area (Å²) in [6.45, 7) is 2.72. The van der Waals surface area contributed by atoms with Crippen molar-refractivity contribution in [1.29, 1.82) is 0 Å². The average Bonchev–Trinajstić information content (AvgIpc) is 2.53. The molecular weight excluding hydrogens is 216 g/mol. The number of hydrogen-bond acceptors (Lipinski definition) is 3. The maximum Gasteiger partial charge on any atom is 0.317 e. The highest BCUT2D eigenvalue weighted by Gasteiger charge is 2.31. The van der Waals surface area contributed by atoms with Gasteiger partial charge < -0.3 is 10.2 Å². The molecule has 2 amide bonds. The lowest BCUT2D eigenvalue weighted by molar-refractivity contribution is 0.211. The smallest absolute Gasteiger partial charge is 0.317 e. The Bertz CT molecular complexity index is 326. The fraction of sp³-hybridized carbons (Fsp3) is 0.889. The third kappa shape index (κ3) is 3.09. The Hall–Kier alpha value is -0.780. The van der Waals surface area contributed by atoms with Crippen molar-refractivity contribution in [2.24, 2.45) is 0 Å². The van der Waals surface area contributed by atoms with Crippen molar-refractivity contribution in [2.45, 2.75) is 25.0 Å². The Morgan fingerprint density at radius 3 is 2.67 bits per heavy atom. The standard InChI is InChI=1S/C9H18N2O3S/c1-3-11(2)9(12)10-7-8-5-4-6-15(8,13)14/h8H,3-7H2,1-2H3,(H,10,12). The maximum absolute atomic E-state index is 11.4. The van der Waals surface area contributed by atoms with Crippen molar-refractivity contribution in [3.05, 3.63) is 0 Å². The van der Waals surface area contributed by atoms with E-state index in [4.69, 9.17) is 0 Å². The summed E-state index contributed by atoms with van der Waals surface area (Å²) in [6.07, 6.45) is 1.38. The zero-order valence-electron chi connectivity index (χ0n) is 9.19. The Kier molecular flexibility index (Phi) is 3.96. The van der Waals surface area contributed by atoms with Crippen molar-refractivity contribution in [1.82, 2.24) is 10.2 Å². The third-order valence-electron chi connectivity index (χ3n) is 2.76. The van der Waals surface area contributed by atoms with Crippen molar-refractivity contribution < 1.29 is 13.2 Å². The minimum Gasteiger partial charge on any atom is -0.337 e. The second kappa shape index (κ2) is 4.83. The van der Waals surface area contributed by atoms with Gasteiger partial charge in [-0.1, -0.05) is 0 Å². The molecule has 1 fully saturated rings. The van der Waals surface area contributed by atoms with Crippen LogP contribution in [0.2, 0.25) is 0 Å². The largest absolute Gasteiger partial charge is 0.337 e. The summed E-state index contributed by atoms with van der Waals surface area (Å²) in [6, 6.07) is -0.209. The minimum atomic E-state index is -2.95. The number of sulfone groups is 1. The van der Waals surface area contributed by atoms with Gasteiger partial charge in [-0.25, -0.2) is 13.2 Å². The zero-order chi connectivity index (χ0) is 11.5. The highest BCUT2D eigenvalue weighted by molar-refractivity contribution is 7.92. The van der Waals surface area contributed by atoms with Crippen LogP contribution in [0.4, 0.5) is 4.79 Å². The molecular formula is C9H18N2O3S. The lowest BCUT2D eigenvalue weighted by Gasteiger charge is -2.17. The molecule has 1 saturated heterocycles. The van der Waals surface area contributed by atoms with Crippen molar-refractivity contribution in [3.8, 4) is 0 Å². The van der Waals surface area contributed by atoms with Gasteiger partial charge in [0, 0.05) is 20.1 Å². The van der Waals surface area contributed by atoms with Gasteiger partial charge in [-0.3, -0.25) is 0 Å². The molecule has 0 radical (unpaired) electrons. The molecule has 88 valence electrons. The van der Waals surface area contributed by atoms with E-state index < -0.39 is 9.84 Å². The number of rotatable bonds is 3. The second-order valence-electron chi connectivity index (χ2n) is 3.83. The van der Waals surface area contributed by atoms with Gasteiger partial charge in [0.15, 0.2) is 9.84 Å². The van der Waals surface area contributed by atoms with Gasteiger partial charge in [0.1, 0.15) is 0 Å². The van der Waals surface area contributed by atoms with E-state index in [-0.39, 0.29) is 23.6 Å². The first-order chi connectivity index (χ1) is 6.97. The number of nitrogens with zero attached hydrogens (tertiary/aromatic N) is 1. The van der Waals surface area contributed by atoms with Gasteiger partial charge in [0.25, 0.3) is 0 Å². The minimum absolute atomic E-state index is 0.209. The first-order valence-electron chi connectivity index (χ1n) is 5.18. The van der Waals surface area contributed by atoms with Crippen molar-refractivity contribution in [3.63, 3.8) is 0 Å². The van der Waals surface area contributed by atoms with Crippen LogP contribution >= 0.6 is 0 Å². The van der Waals surface area contributed by atoms with E-state index in [1.165, 1.54) is 4.90 Å². The molecule has 1 aliphatic heterocycles. The van der Waals surface area contributed by atoms with Gasteiger partial charge in [-0.05, 0) is 19.8 Å². The summed E-state index contributed by atoms with van der Waals surface area (Å²) in [7, 11) is -1.27. The topological polar surface area (TPSA) is 66.5 Å². The Labute approximate surface area is 90.7 Å². The van der Waals surface area contributed by atoms with Crippen LogP contribution in [0.15, 0.2) is 0 Å². The Balaban J connectivity index is 2.41. The molecule has 0 aromatic carbocycles. The Morgan fingerprint density at radius 1 is 1.53 bits per heavy atom. The van der Waals surface area contributed by atoms with Gasteiger partial charge in [0.05, 0.1) is 11.0 Å². The van der Waals surface area contributed by atoms with Gasteiger partial charge in [0.2, 0.25) is 0 Å². The molecule has 0 aromatic rings. The van der Waals surface area contributed by atoms with E-state index in [0.717, 1.165) is 0 Å². The molecule has 0 spiro atoms. The van der Waals surface area contributed by atoms with E-state index in [1.54, 1.807) is 7.05 Å². The molecule has 1 atom stereocenters. The monoisotopic (exact) mass is 234 g/mol. The second-order valence-corrected chi connectivity index (χ2v) is 6.23. The molecule has 0 aromatic heterocycles. The molecule has 1 unspecified atom stereocenters. The number of amides is 2. The Morgan fingerprint density at radius 2 is 2.20 bits per heavy atom. The summed E-state index contributed by atoms with van der Waals surface area (Å²) < 4.78 is 22.9. The van der Waals surface area contributed by atoms with Crippen LogP contribution in [0.5, 0.6) is 0 Å². The predicted octanol–water partition coefficient (Wildman–Crippen LogP) is 0.225. The van der Waals surface area contributed by atoms with E-state index in [2.05, 4.69) is 5.32 Å². The summed E-state index contributed by atoms with van der Waals surface area (Å²) in [4.78, 5) is 12.9. The quantitative estimate of drug-likeness (QED) is 0.760. The summed E-state index contributed by atoms with van der Waals surface area (Å²) in [5, 5.41) is 2.26. The van der Waals surface area contributed by atoms with Crippen LogP contribution in [-0.2, 0) is 9.84 Å².